The van der Waals surface area contributed by atoms with Crippen LogP contribution in [0.1, 0.15) is 23.1 Å². The molecule has 1 N–H and O–H groups in total. The molecule has 25 heavy (non-hydrogen) atoms. The fourth-order valence-corrected chi connectivity index (χ4v) is 2.68. The zero-order valence-electron chi connectivity index (χ0n) is 13.9. The largest absolute Gasteiger partial charge is 0.352 e. The number of nitrogens with zero attached hydrogens (tertiary/aromatic N) is 2. The van der Waals surface area contributed by atoms with Crippen molar-refractivity contribution in [3.8, 4) is 0 Å². The summed E-state index contributed by atoms with van der Waals surface area (Å²) in [5, 5.41) is 3.68. The lowest BCUT2D eigenvalue weighted by Gasteiger charge is -2.07. The second-order valence-corrected chi connectivity index (χ2v) is 6.39. The van der Waals surface area contributed by atoms with Gasteiger partial charge in [-0.05, 0) is 35.2 Å². The van der Waals surface area contributed by atoms with Crippen molar-refractivity contribution in [2.24, 2.45) is 0 Å². The lowest BCUT2D eigenvalue weighted by atomic mass is 10.1. The Morgan fingerprint density at radius 2 is 1.68 bits per heavy atom. The van der Waals surface area contributed by atoms with Crippen molar-refractivity contribution in [2.45, 2.75) is 25.9 Å². The van der Waals surface area contributed by atoms with E-state index in [2.05, 4.69) is 22.4 Å². The minimum atomic E-state index is 0.0532. The Balaban J connectivity index is 1.43. The number of carbonyl (C=O) groups is 1. The molecule has 0 fully saturated rings. The molecular formula is C20H20ClN3O. The normalized spacial score (nSPS) is 10.6. The van der Waals surface area contributed by atoms with Crippen LogP contribution < -0.4 is 5.32 Å². The zero-order valence-corrected chi connectivity index (χ0v) is 14.6. The van der Waals surface area contributed by atoms with Crippen LogP contribution in [-0.2, 0) is 24.3 Å². The van der Waals surface area contributed by atoms with Crippen molar-refractivity contribution in [1.29, 1.82) is 0 Å². The van der Waals surface area contributed by atoms with E-state index in [0.717, 1.165) is 17.7 Å². The predicted octanol–water partition coefficient (Wildman–Crippen LogP) is 3.83. The van der Waals surface area contributed by atoms with Crippen molar-refractivity contribution in [3.05, 3.63) is 89.0 Å². The Bertz CT molecular complexity index is 796. The Hall–Kier alpha value is -2.59. The highest BCUT2D eigenvalue weighted by atomic mass is 35.5. The van der Waals surface area contributed by atoms with Gasteiger partial charge in [-0.3, -0.25) is 4.79 Å². The minimum Gasteiger partial charge on any atom is -0.352 e. The predicted molar refractivity (Wildman–Crippen MR) is 99.4 cm³/mol. The van der Waals surface area contributed by atoms with Crippen LogP contribution in [0.3, 0.4) is 0 Å². The third-order valence-corrected chi connectivity index (χ3v) is 4.24. The highest BCUT2D eigenvalue weighted by Crippen LogP contribution is 2.11. The molecule has 3 rings (SSSR count). The van der Waals surface area contributed by atoms with Gasteiger partial charge in [0, 0.05) is 36.9 Å². The first-order valence-corrected chi connectivity index (χ1v) is 8.61. The standard InChI is InChI=1S/C20H20ClN3O/c21-19-8-5-16(6-9-19)7-10-20(25)23-13-17-1-3-18(4-2-17)14-24-12-11-22-15-24/h1-6,8-9,11-12,15H,7,10,13-14H2,(H,23,25). The highest BCUT2D eigenvalue weighted by Gasteiger charge is 2.03. The summed E-state index contributed by atoms with van der Waals surface area (Å²) in [5.74, 6) is 0.0532. The molecule has 2 aromatic carbocycles. The molecule has 3 aromatic rings. The number of halogens is 1. The van der Waals surface area contributed by atoms with Gasteiger partial charge in [0.1, 0.15) is 0 Å². The number of benzene rings is 2. The molecule has 4 nitrogen and oxygen atoms in total. The minimum absolute atomic E-state index is 0.0532. The smallest absolute Gasteiger partial charge is 0.220 e. The number of nitrogens with one attached hydrogen (secondary N) is 1. The summed E-state index contributed by atoms with van der Waals surface area (Å²) in [6.07, 6.45) is 6.70. The first-order valence-electron chi connectivity index (χ1n) is 8.24. The fraction of sp³-hybridized carbons (Fsp3) is 0.200. The third-order valence-electron chi connectivity index (χ3n) is 3.99. The molecule has 0 aliphatic rings. The van der Waals surface area contributed by atoms with Crippen LogP contribution in [0.5, 0.6) is 0 Å². The van der Waals surface area contributed by atoms with E-state index in [1.807, 2.05) is 47.2 Å². The van der Waals surface area contributed by atoms with Crippen LogP contribution in [-0.4, -0.2) is 15.5 Å². The average molecular weight is 354 g/mol. The summed E-state index contributed by atoms with van der Waals surface area (Å²) in [5.41, 5.74) is 3.41. The van der Waals surface area contributed by atoms with Crippen LogP contribution in [0.4, 0.5) is 0 Å². The van der Waals surface area contributed by atoms with Crippen molar-refractivity contribution < 1.29 is 4.79 Å². The molecule has 0 unspecified atom stereocenters. The molecule has 0 saturated heterocycles. The van der Waals surface area contributed by atoms with Crippen molar-refractivity contribution in [2.75, 3.05) is 0 Å². The van der Waals surface area contributed by atoms with Crippen LogP contribution in [0.25, 0.3) is 0 Å². The molecule has 0 saturated carbocycles. The Labute approximate surface area is 152 Å². The summed E-state index contributed by atoms with van der Waals surface area (Å²) in [6, 6.07) is 15.9. The highest BCUT2D eigenvalue weighted by molar-refractivity contribution is 6.30. The number of imidazole rings is 1. The van der Waals surface area contributed by atoms with Gasteiger partial charge in [0.25, 0.3) is 0 Å². The molecule has 0 spiro atoms. The monoisotopic (exact) mass is 353 g/mol. The summed E-state index contributed by atoms with van der Waals surface area (Å²) in [6.45, 7) is 1.35. The lowest BCUT2D eigenvalue weighted by Crippen LogP contribution is -2.23. The zero-order chi connectivity index (χ0) is 17.5. The number of hydrogen-bond donors (Lipinski definition) is 1. The van der Waals surface area contributed by atoms with E-state index in [1.165, 1.54) is 5.56 Å². The molecule has 1 amide bonds. The Kier molecular flexibility index (Phi) is 5.86. The van der Waals surface area contributed by atoms with Crippen molar-refractivity contribution in [3.63, 3.8) is 0 Å². The van der Waals surface area contributed by atoms with Crippen LogP contribution in [0, 0.1) is 0 Å². The van der Waals surface area contributed by atoms with E-state index in [4.69, 9.17) is 11.6 Å². The topological polar surface area (TPSA) is 46.9 Å². The van der Waals surface area contributed by atoms with Gasteiger partial charge < -0.3 is 9.88 Å². The fourth-order valence-electron chi connectivity index (χ4n) is 2.55. The number of rotatable bonds is 7. The second kappa shape index (κ2) is 8.49. The molecule has 1 heterocycles. The molecule has 128 valence electrons. The van der Waals surface area contributed by atoms with Crippen LogP contribution in [0.2, 0.25) is 5.02 Å². The summed E-state index contributed by atoms with van der Waals surface area (Å²) in [7, 11) is 0. The summed E-state index contributed by atoms with van der Waals surface area (Å²) < 4.78 is 2.02. The van der Waals surface area contributed by atoms with Crippen LogP contribution >= 0.6 is 11.6 Å². The summed E-state index contributed by atoms with van der Waals surface area (Å²) >= 11 is 5.86. The molecule has 0 aliphatic heterocycles. The van der Waals surface area contributed by atoms with Gasteiger partial charge in [-0.2, -0.15) is 0 Å². The van der Waals surface area contributed by atoms with E-state index in [1.54, 1.807) is 12.5 Å². The van der Waals surface area contributed by atoms with Gasteiger partial charge in [-0.1, -0.05) is 48.0 Å². The second-order valence-electron chi connectivity index (χ2n) is 5.95. The summed E-state index contributed by atoms with van der Waals surface area (Å²) in [4.78, 5) is 16.0. The molecule has 1 aromatic heterocycles. The van der Waals surface area contributed by atoms with E-state index in [0.29, 0.717) is 24.4 Å². The maximum absolute atomic E-state index is 12.0. The van der Waals surface area contributed by atoms with Gasteiger partial charge in [0.05, 0.1) is 6.33 Å². The van der Waals surface area contributed by atoms with E-state index in [-0.39, 0.29) is 5.91 Å². The van der Waals surface area contributed by atoms with Gasteiger partial charge >= 0.3 is 0 Å². The van der Waals surface area contributed by atoms with E-state index in [9.17, 15) is 4.79 Å². The average Bonchev–Trinajstić information content (AvgIpc) is 3.14. The maximum Gasteiger partial charge on any atom is 0.220 e. The third kappa shape index (κ3) is 5.47. The molecule has 0 radical (unpaired) electrons. The molecule has 5 heteroatoms. The first-order chi connectivity index (χ1) is 12.2. The lowest BCUT2D eigenvalue weighted by molar-refractivity contribution is -0.121. The molecule has 0 bridgehead atoms. The van der Waals surface area contributed by atoms with Gasteiger partial charge in [-0.15, -0.1) is 0 Å². The first kappa shape index (κ1) is 17.2. The van der Waals surface area contributed by atoms with Crippen molar-refractivity contribution in [1.82, 2.24) is 14.9 Å². The van der Waals surface area contributed by atoms with Crippen LogP contribution in [0.15, 0.2) is 67.3 Å². The maximum atomic E-state index is 12.0. The van der Waals surface area contributed by atoms with Crippen molar-refractivity contribution >= 4 is 17.5 Å². The molecular weight excluding hydrogens is 334 g/mol. The number of aromatic nitrogens is 2. The number of aryl methyl sites for hydroxylation is 1. The number of amides is 1. The molecule has 0 atom stereocenters. The van der Waals surface area contributed by atoms with Gasteiger partial charge in [0.15, 0.2) is 0 Å². The van der Waals surface area contributed by atoms with Gasteiger partial charge in [-0.25, -0.2) is 4.98 Å². The molecule has 0 aliphatic carbocycles. The Morgan fingerprint density at radius 3 is 2.36 bits per heavy atom. The quantitative estimate of drug-likeness (QED) is 0.701. The van der Waals surface area contributed by atoms with Gasteiger partial charge in [0.2, 0.25) is 5.91 Å². The number of hydrogen-bond acceptors (Lipinski definition) is 2. The van der Waals surface area contributed by atoms with E-state index < -0.39 is 0 Å². The number of carbonyl (C=O) groups excluding carboxylic acids is 1. The Morgan fingerprint density at radius 1 is 1.00 bits per heavy atom. The van der Waals surface area contributed by atoms with E-state index >= 15 is 0 Å². The SMILES string of the molecule is O=C(CCc1ccc(Cl)cc1)NCc1ccc(Cn2ccnc2)cc1.